The second kappa shape index (κ2) is 9.02. The third kappa shape index (κ3) is 5.03. The minimum atomic E-state index is -1.64. The average Bonchev–Trinajstić information content (AvgIpc) is 2.63. The van der Waals surface area contributed by atoms with Gasteiger partial charge in [0.15, 0.2) is 11.2 Å². The molecule has 2 saturated carbocycles. The lowest BCUT2D eigenvalue weighted by molar-refractivity contribution is 0.0145. The molecule has 1 aliphatic heterocycles. The Morgan fingerprint density at radius 1 is 1.32 bits per heavy atom. The fraction of sp³-hybridized carbons (Fsp3) is 0.625. The second-order valence-corrected chi connectivity index (χ2v) is 11.3. The van der Waals surface area contributed by atoms with Gasteiger partial charge < -0.3 is 4.74 Å². The predicted molar refractivity (Wildman–Crippen MR) is 121 cm³/mol. The van der Waals surface area contributed by atoms with Crippen molar-refractivity contribution in [3.05, 3.63) is 35.7 Å². The highest BCUT2D eigenvalue weighted by molar-refractivity contribution is 7.81. The second-order valence-electron chi connectivity index (χ2n) is 10.1. The summed E-state index contributed by atoms with van der Waals surface area (Å²) < 4.78 is 37.0. The molecule has 2 bridgehead atoms. The molecule has 31 heavy (non-hydrogen) atoms. The molecular weight excluding hydrogens is 415 g/mol. The fourth-order valence-electron chi connectivity index (χ4n) is 5.76. The zero-order chi connectivity index (χ0) is 22.2. The number of ether oxygens (including phenoxy) is 1. The molecule has 3 unspecified atom stereocenters. The minimum absolute atomic E-state index is 0.0762. The molecule has 3 aliphatic rings. The first-order valence-corrected chi connectivity index (χ1v) is 12.4. The van der Waals surface area contributed by atoms with Crippen LogP contribution in [0.4, 0.5) is 4.39 Å². The summed E-state index contributed by atoms with van der Waals surface area (Å²) in [4.78, 5) is 12.4. The number of hydrogen-bond acceptors (Lipinski definition) is 3. The molecule has 2 aliphatic carbocycles. The molecule has 1 N–H and O–H groups in total. The Balaban J connectivity index is 1.44. The fourth-order valence-corrected chi connectivity index (χ4v) is 6.75. The molecule has 3 atom stereocenters. The quantitative estimate of drug-likeness (QED) is 0.657. The highest BCUT2D eigenvalue weighted by Crippen LogP contribution is 2.50. The number of fused-ring (bicyclic) bond motifs is 2. The van der Waals surface area contributed by atoms with E-state index < -0.39 is 22.9 Å². The van der Waals surface area contributed by atoms with E-state index in [2.05, 4.69) is 25.1 Å². The summed E-state index contributed by atoms with van der Waals surface area (Å²) in [6.07, 6.45) is 8.71. The van der Waals surface area contributed by atoms with Crippen LogP contribution in [-0.2, 0) is 11.2 Å². The highest BCUT2D eigenvalue weighted by atomic mass is 32.2. The number of benzene rings is 1. The van der Waals surface area contributed by atoms with Crippen LogP contribution in [0.15, 0.2) is 18.7 Å². The van der Waals surface area contributed by atoms with Crippen molar-refractivity contribution in [1.82, 2.24) is 9.03 Å². The molecule has 1 aromatic carbocycles. The van der Waals surface area contributed by atoms with Crippen molar-refractivity contribution in [2.24, 2.45) is 23.2 Å². The monoisotopic (exact) mass is 448 g/mol. The maximum atomic E-state index is 14.8. The molecule has 3 fully saturated rings. The van der Waals surface area contributed by atoms with Gasteiger partial charge >= 0.3 is 0 Å². The summed E-state index contributed by atoms with van der Waals surface area (Å²) in [7, 11) is 0. The third-order valence-electron chi connectivity index (χ3n) is 7.07. The Bertz CT molecular complexity index is 868. The molecule has 1 heterocycles. The van der Waals surface area contributed by atoms with E-state index in [9.17, 15) is 13.4 Å². The van der Waals surface area contributed by atoms with Crippen LogP contribution >= 0.6 is 0 Å². The third-order valence-corrected chi connectivity index (χ3v) is 8.26. The van der Waals surface area contributed by atoms with Gasteiger partial charge in [0.2, 0.25) is 0 Å². The standard InChI is InChI=1S/C24H33FN2O3S/c1-4-19-11-20(23(28)26-31(29)27-6-5-7-27)21(25)12-22(19)30-15-24(3)13-17-8-16(2)9-18(10-17)14-24/h4,11-12,16-18H,1,5-10,13-15H2,2-3H3,(H,26,28). The van der Waals surface area contributed by atoms with Crippen molar-refractivity contribution in [3.63, 3.8) is 0 Å². The van der Waals surface area contributed by atoms with Gasteiger partial charge in [0.25, 0.3) is 5.91 Å². The van der Waals surface area contributed by atoms with Crippen LogP contribution in [0, 0.1) is 29.0 Å². The van der Waals surface area contributed by atoms with Gasteiger partial charge in [-0.15, -0.1) is 0 Å². The van der Waals surface area contributed by atoms with Crippen molar-refractivity contribution in [2.75, 3.05) is 19.7 Å². The number of nitrogens with one attached hydrogen (secondary N) is 1. The van der Waals surface area contributed by atoms with E-state index in [1.54, 1.807) is 10.4 Å². The van der Waals surface area contributed by atoms with Crippen LogP contribution in [0.2, 0.25) is 0 Å². The van der Waals surface area contributed by atoms with E-state index in [-0.39, 0.29) is 11.0 Å². The first kappa shape index (κ1) is 22.5. The van der Waals surface area contributed by atoms with Gasteiger partial charge in [0.1, 0.15) is 11.6 Å². The van der Waals surface area contributed by atoms with E-state index in [1.807, 2.05) is 0 Å². The molecule has 170 valence electrons. The summed E-state index contributed by atoms with van der Waals surface area (Å²) in [5, 5.41) is 0. The van der Waals surface area contributed by atoms with Crippen LogP contribution in [-0.4, -0.2) is 34.1 Å². The summed E-state index contributed by atoms with van der Waals surface area (Å²) in [6, 6.07) is 2.69. The molecule has 7 heteroatoms. The summed E-state index contributed by atoms with van der Waals surface area (Å²) in [6.45, 7) is 10.3. The summed E-state index contributed by atoms with van der Waals surface area (Å²) in [5.74, 6) is 1.34. The molecular formula is C24H33FN2O3S. The van der Waals surface area contributed by atoms with E-state index in [4.69, 9.17) is 4.74 Å². The van der Waals surface area contributed by atoms with Gasteiger partial charge in [-0.25, -0.2) is 12.9 Å². The van der Waals surface area contributed by atoms with Crippen LogP contribution < -0.4 is 9.46 Å². The van der Waals surface area contributed by atoms with Gasteiger partial charge in [-0.1, -0.05) is 26.5 Å². The molecule has 0 aromatic heterocycles. The Morgan fingerprint density at radius 3 is 2.58 bits per heavy atom. The summed E-state index contributed by atoms with van der Waals surface area (Å²) >= 11 is -1.64. The Kier molecular flexibility index (Phi) is 6.54. The largest absolute Gasteiger partial charge is 0.492 e. The molecule has 0 radical (unpaired) electrons. The highest BCUT2D eigenvalue weighted by Gasteiger charge is 2.41. The molecule has 0 spiro atoms. The minimum Gasteiger partial charge on any atom is -0.492 e. The number of nitrogens with zero attached hydrogens (tertiary/aromatic N) is 1. The molecule has 1 aromatic rings. The molecule has 1 saturated heterocycles. The van der Waals surface area contributed by atoms with Gasteiger partial charge in [0.05, 0.1) is 12.2 Å². The number of carbonyl (C=O) groups excluding carboxylic acids is 1. The lowest BCUT2D eigenvalue weighted by Gasteiger charge is -2.47. The lowest BCUT2D eigenvalue weighted by atomic mass is 9.60. The van der Waals surface area contributed by atoms with Crippen molar-refractivity contribution < 1.29 is 18.1 Å². The first-order valence-electron chi connectivity index (χ1n) is 11.3. The lowest BCUT2D eigenvalue weighted by Crippen LogP contribution is -2.45. The number of halogens is 1. The van der Waals surface area contributed by atoms with E-state index in [0.29, 0.717) is 31.0 Å². The van der Waals surface area contributed by atoms with E-state index in [0.717, 1.165) is 37.0 Å². The summed E-state index contributed by atoms with van der Waals surface area (Å²) in [5.41, 5.74) is 0.491. The normalized spacial score (nSPS) is 31.4. The molecule has 5 nitrogen and oxygen atoms in total. The number of carbonyl (C=O) groups is 1. The van der Waals surface area contributed by atoms with Crippen molar-refractivity contribution in [1.29, 1.82) is 0 Å². The topological polar surface area (TPSA) is 58.6 Å². The van der Waals surface area contributed by atoms with Gasteiger partial charge in [0, 0.05) is 30.1 Å². The molecule has 4 rings (SSSR count). The Labute approximate surface area is 187 Å². The zero-order valence-electron chi connectivity index (χ0n) is 18.5. The van der Waals surface area contributed by atoms with Gasteiger partial charge in [-0.3, -0.25) is 9.52 Å². The van der Waals surface area contributed by atoms with Crippen LogP contribution in [0.3, 0.4) is 0 Å². The average molecular weight is 449 g/mol. The van der Waals surface area contributed by atoms with Crippen molar-refractivity contribution in [3.8, 4) is 5.75 Å². The Hall–Kier alpha value is -1.73. The number of hydrogen-bond donors (Lipinski definition) is 1. The predicted octanol–water partition coefficient (Wildman–Crippen LogP) is 4.71. The molecule has 1 amide bonds. The SMILES string of the molecule is C=Cc1cc(C(=O)NS(=O)N2CCC2)c(F)cc1OCC1(C)CC2CC(C)CC(C2)C1. The van der Waals surface area contributed by atoms with Crippen LogP contribution in [0.5, 0.6) is 5.75 Å². The van der Waals surface area contributed by atoms with Crippen molar-refractivity contribution >= 4 is 23.2 Å². The van der Waals surface area contributed by atoms with Gasteiger partial charge in [-0.05, 0) is 62.3 Å². The zero-order valence-corrected chi connectivity index (χ0v) is 19.3. The first-order chi connectivity index (χ1) is 14.8. The van der Waals surface area contributed by atoms with E-state index in [1.165, 1.54) is 31.4 Å². The van der Waals surface area contributed by atoms with Crippen molar-refractivity contribution in [2.45, 2.75) is 52.4 Å². The smallest absolute Gasteiger partial charge is 0.266 e. The Morgan fingerprint density at radius 2 is 2.00 bits per heavy atom. The van der Waals surface area contributed by atoms with E-state index >= 15 is 0 Å². The van der Waals surface area contributed by atoms with Gasteiger partial charge in [-0.2, -0.15) is 0 Å². The maximum Gasteiger partial charge on any atom is 0.266 e. The number of rotatable bonds is 7. The van der Waals surface area contributed by atoms with Crippen LogP contribution in [0.25, 0.3) is 6.08 Å². The van der Waals surface area contributed by atoms with Crippen LogP contribution in [0.1, 0.15) is 68.3 Å². The number of amides is 1. The maximum absolute atomic E-state index is 14.8.